The number of nitrogens with zero attached hydrogens (tertiary/aromatic N) is 2. The number of ether oxygens (including phenoxy) is 2. The Morgan fingerprint density at radius 2 is 1.90 bits per heavy atom. The predicted molar refractivity (Wildman–Crippen MR) is 113 cm³/mol. The molecular formula is C20H25Cl2N3O5. The normalized spacial score (nSPS) is 10.8. The molecule has 8 nitrogen and oxygen atoms in total. The van der Waals surface area contributed by atoms with E-state index in [1.54, 1.807) is 31.3 Å². The molecule has 1 aromatic carbocycles. The molecular weight excluding hydrogens is 433 g/mol. The maximum atomic E-state index is 13.0. The molecule has 0 atom stereocenters. The average molecular weight is 458 g/mol. The van der Waals surface area contributed by atoms with Gasteiger partial charge in [-0.25, -0.2) is 4.98 Å². The summed E-state index contributed by atoms with van der Waals surface area (Å²) in [6, 6.07) is 4.69. The first-order valence-corrected chi connectivity index (χ1v) is 10.2. The van der Waals surface area contributed by atoms with Crippen molar-refractivity contribution in [2.24, 2.45) is 0 Å². The molecule has 0 saturated carbocycles. The summed E-state index contributed by atoms with van der Waals surface area (Å²) in [4.78, 5) is 30.9. The highest BCUT2D eigenvalue weighted by Gasteiger charge is 2.21. The monoisotopic (exact) mass is 457 g/mol. The van der Waals surface area contributed by atoms with Crippen molar-refractivity contribution in [3.8, 4) is 0 Å². The number of hydrogen-bond donors (Lipinski definition) is 1. The third-order valence-corrected chi connectivity index (χ3v) is 4.69. The van der Waals surface area contributed by atoms with Crippen LogP contribution in [0, 0.1) is 0 Å². The first kappa shape index (κ1) is 24.1. The van der Waals surface area contributed by atoms with E-state index in [9.17, 15) is 9.59 Å². The Labute approximate surface area is 185 Å². The summed E-state index contributed by atoms with van der Waals surface area (Å²) in [5.74, 6) is -0.400. The molecule has 0 saturated heterocycles. The molecule has 0 bridgehead atoms. The fourth-order valence-corrected chi connectivity index (χ4v) is 3.13. The molecule has 2 aromatic rings. The molecule has 0 unspecified atom stereocenters. The highest BCUT2D eigenvalue weighted by Crippen LogP contribution is 2.23. The first-order chi connectivity index (χ1) is 14.5. The minimum atomic E-state index is -0.348. The average Bonchev–Trinajstić information content (AvgIpc) is 3.19. The van der Waals surface area contributed by atoms with Gasteiger partial charge in [-0.15, -0.1) is 0 Å². The van der Waals surface area contributed by atoms with Crippen LogP contribution in [0.1, 0.15) is 39.6 Å². The second-order valence-corrected chi connectivity index (χ2v) is 7.27. The number of aromatic nitrogens is 1. The number of nitrogens with one attached hydrogen (secondary N) is 1. The van der Waals surface area contributed by atoms with Crippen LogP contribution in [0.15, 0.2) is 28.9 Å². The Morgan fingerprint density at radius 1 is 1.17 bits per heavy atom. The minimum Gasteiger partial charge on any atom is -0.446 e. The zero-order valence-corrected chi connectivity index (χ0v) is 18.5. The zero-order chi connectivity index (χ0) is 21.9. The summed E-state index contributed by atoms with van der Waals surface area (Å²) in [7, 11) is 3.19. The van der Waals surface area contributed by atoms with Crippen LogP contribution >= 0.6 is 23.2 Å². The molecule has 0 aliphatic carbocycles. The van der Waals surface area contributed by atoms with Crippen molar-refractivity contribution in [1.29, 1.82) is 0 Å². The van der Waals surface area contributed by atoms with Crippen LogP contribution in [0.25, 0.3) is 0 Å². The van der Waals surface area contributed by atoms with Gasteiger partial charge in [-0.3, -0.25) is 9.59 Å². The van der Waals surface area contributed by atoms with Gasteiger partial charge in [0.1, 0.15) is 6.26 Å². The molecule has 1 N–H and O–H groups in total. The van der Waals surface area contributed by atoms with Crippen molar-refractivity contribution < 1.29 is 23.5 Å². The van der Waals surface area contributed by atoms with Crippen molar-refractivity contribution in [1.82, 2.24) is 15.2 Å². The molecule has 0 aliphatic rings. The molecule has 0 fully saturated rings. The number of hydrogen-bond acceptors (Lipinski definition) is 6. The number of carbonyl (C=O) groups is 2. The Hall–Kier alpha value is -2.13. The standard InChI is InChI=1S/C20H25Cl2N3O5/c1-28-9-3-7-23-19(26)17-13-30-18(24-17)12-25(8-4-10-29-2)20(27)15-6-5-14(21)11-16(15)22/h5-6,11,13H,3-4,7-10,12H2,1-2H3,(H,23,26). The van der Waals surface area contributed by atoms with Crippen LogP contribution in [0.2, 0.25) is 10.0 Å². The molecule has 0 aliphatic heterocycles. The number of oxazole rings is 1. The minimum absolute atomic E-state index is 0.0818. The maximum absolute atomic E-state index is 13.0. The van der Waals surface area contributed by atoms with Gasteiger partial charge in [0, 0.05) is 45.5 Å². The molecule has 10 heteroatoms. The number of halogens is 2. The van der Waals surface area contributed by atoms with Crippen LogP contribution in [0.5, 0.6) is 0 Å². The fraction of sp³-hybridized carbons (Fsp3) is 0.450. The lowest BCUT2D eigenvalue weighted by atomic mass is 10.2. The number of rotatable bonds is 12. The molecule has 30 heavy (non-hydrogen) atoms. The summed E-state index contributed by atoms with van der Waals surface area (Å²) >= 11 is 12.1. The van der Waals surface area contributed by atoms with E-state index in [1.807, 2.05) is 0 Å². The van der Waals surface area contributed by atoms with Gasteiger partial charge in [0.15, 0.2) is 5.69 Å². The van der Waals surface area contributed by atoms with Gasteiger partial charge in [-0.05, 0) is 31.0 Å². The molecule has 1 aromatic heterocycles. The number of amides is 2. The Balaban J connectivity index is 2.08. The van der Waals surface area contributed by atoms with E-state index < -0.39 is 0 Å². The van der Waals surface area contributed by atoms with Crippen LogP contribution in [-0.2, 0) is 16.0 Å². The first-order valence-electron chi connectivity index (χ1n) is 9.41. The predicted octanol–water partition coefficient (Wildman–Crippen LogP) is 3.43. The smallest absolute Gasteiger partial charge is 0.273 e. The van der Waals surface area contributed by atoms with Gasteiger partial charge in [0.25, 0.3) is 11.8 Å². The van der Waals surface area contributed by atoms with Gasteiger partial charge < -0.3 is 24.1 Å². The van der Waals surface area contributed by atoms with E-state index in [2.05, 4.69) is 10.3 Å². The summed E-state index contributed by atoms with van der Waals surface area (Å²) in [6.45, 7) is 1.98. The molecule has 0 radical (unpaired) electrons. The second-order valence-electron chi connectivity index (χ2n) is 6.43. The van der Waals surface area contributed by atoms with E-state index >= 15 is 0 Å². The van der Waals surface area contributed by atoms with Gasteiger partial charge in [-0.2, -0.15) is 0 Å². The van der Waals surface area contributed by atoms with Gasteiger partial charge >= 0.3 is 0 Å². The molecule has 0 spiro atoms. The summed E-state index contributed by atoms with van der Waals surface area (Å²) in [6.07, 6.45) is 2.58. The van der Waals surface area contributed by atoms with E-state index in [0.717, 1.165) is 0 Å². The molecule has 2 rings (SSSR count). The van der Waals surface area contributed by atoms with Crippen molar-refractivity contribution in [3.63, 3.8) is 0 Å². The highest BCUT2D eigenvalue weighted by molar-refractivity contribution is 6.36. The molecule has 2 amide bonds. The van der Waals surface area contributed by atoms with Crippen LogP contribution < -0.4 is 5.32 Å². The van der Waals surface area contributed by atoms with Crippen molar-refractivity contribution in [2.75, 3.05) is 40.5 Å². The van der Waals surface area contributed by atoms with Gasteiger partial charge in [0.2, 0.25) is 5.89 Å². The van der Waals surface area contributed by atoms with E-state index in [0.29, 0.717) is 49.7 Å². The number of methoxy groups -OCH3 is 2. The lowest BCUT2D eigenvalue weighted by Crippen LogP contribution is -2.32. The zero-order valence-electron chi connectivity index (χ0n) is 17.0. The van der Waals surface area contributed by atoms with Crippen molar-refractivity contribution >= 4 is 35.0 Å². The summed E-state index contributed by atoms with van der Waals surface area (Å²) < 4.78 is 15.4. The van der Waals surface area contributed by atoms with Gasteiger partial charge in [0.05, 0.1) is 17.1 Å². The van der Waals surface area contributed by atoms with Crippen LogP contribution in [0.4, 0.5) is 0 Å². The highest BCUT2D eigenvalue weighted by atomic mass is 35.5. The van der Waals surface area contributed by atoms with E-state index in [-0.39, 0.29) is 35.0 Å². The van der Waals surface area contributed by atoms with Crippen LogP contribution in [0.3, 0.4) is 0 Å². The second kappa shape index (κ2) is 12.5. The number of carbonyl (C=O) groups excluding carboxylic acids is 2. The largest absolute Gasteiger partial charge is 0.446 e. The summed E-state index contributed by atoms with van der Waals surface area (Å²) in [5, 5.41) is 3.43. The fourth-order valence-electron chi connectivity index (χ4n) is 2.65. The van der Waals surface area contributed by atoms with Crippen molar-refractivity contribution in [2.45, 2.75) is 19.4 Å². The quantitative estimate of drug-likeness (QED) is 0.490. The third-order valence-electron chi connectivity index (χ3n) is 4.15. The van der Waals surface area contributed by atoms with E-state index in [4.69, 9.17) is 37.1 Å². The Morgan fingerprint density at radius 3 is 2.60 bits per heavy atom. The lowest BCUT2D eigenvalue weighted by molar-refractivity contribution is 0.0708. The third kappa shape index (κ3) is 7.28. The number of benzene rings is 1. The Bertz CT molecular complexity index is 844. The van der Waals surface area contributed by atoms with Crippen LogP contribution in [-0.4, -0.2) is 62.2 Å². The topological polar surface area (TPSA) is 93.9 Å². The van der Waals surface area contributed by atoms with E-state index in [1.165, 1.54) is 12.3 Å². The Kier molecular flexibility index (Phi) is 10.1. The lowest BCUT2D eigenvalue weighted by Gasteiger charge is -2.21. The van der Waals surface area contributed by atoms with Gasteiger partial charge in [-0.1, -0.05) is 23.2 Å². The molecule has 1 heterocycles. The SMILES string of the molecule is COCCCNC(=O)c1coc(CN(CCCOC)C(=O)c2ccc(Cl)cc2Cl)n1. The summed E-state index contributed by atoms with van der Waals surface area (Å²) in [5.41, 5.74) is 0.470. The molecule has 164 valence electrons. The maximum Gasteiger partial charge on any atom is 0.273 e. The van der Waals surface area contributed by atoms with Crippen molar-refractivity contribution in [3.05, 3.63) is 51.7 Å².